The molecule has 0 saturated carbocycles. The number of hydrogen-bond acceptors (Lipinski definition) is 5. The zero-order valence-electron chi connectivity index (χ0n) is 8.46. The van der Waals surface area contributed by atoms with Gasteiger partial charge in [0.2, 0.25) is 15.0 Å². The molecule has 2 heterocycles. The van der Waals surface area contributed by atoms with Crippen LogP contribution in [0.25, 0.3) is 0 Å². The second-order valence-corrected chi connectivity index (χ2v) is 5.57. The smallest absolute Gasteiger partial charge is 0.249 e. The summed E-state index contributed by atoms with van der Waals surface area (Å²) in [6, 6.07) is 0. The summed E-state index contributed by atoms with van der Waals surface area (Å²) in [4.78, 5) is 0. The molecule has 0 radical (unpaired) electrons. The predicted octanol–water partition coefficient (Wildman–Crippen LogP) is -0.232. The highest BCUT2D eigenvalue weighted by Gasteiger charge is 2.27. The Morgan fingerprint density at radius 2 is 2.47 bits per heavy atom. The van der Waals surface area contributed by atoms with Gasteiger partial charge in [0.25, 0.3) is 0 Å². The molecule has 0 spiro atoms. The minimum Gasteiger partial charge on any atom is -0.377 e. The lowest BCUT2D eigenvalue weighted by atomic mass is 10.3. The van der Waals surface area contributed by atoms with Crippen LogP contribution in [-0.4, -0.2) is 41.6 Å². The second-order valence-electron chi connectivity index (χ2n) is 3.64. The highest BCUT2D eigenvalue weighted by Crippen LogP contribution is 2.17. The van der Waals surface area contributed by atoms with Crippen molar-refractivity contribution >= 4 is 9.84 Å². The first-order valence-electron chi connectivity index (χ1n) is 4.78. The van der Waals surface area contributed by atoms with E-state index in [4.69, 9.17) is 4.74 Å². The molecule has 0 aliphatic carbocycles. The molecule has 1 aromatic rings. The van der Waals surface area contributed by atoms with E-state index in [0.717, 1.165) is 12.8 Å². The summed E-state index contributed by atoms with van der Waals surface area (Å²) in [6.07, 6.45) is 2.92. The quantitative estimate of drug-likeness (QED) is 0.718. The lowest BCUT2D eigenvalue weighted by molar-refractivity contribution is 0.127. The monoisotopic (exact) mass is 231 g/mol. The van der Waals surface area contributed by atoms with Crippen LogP contribution in [-0.2, 0) is 21.6 Å². The average Bonchev–Trinajstić information content (AvgIpc) is 2.75. The number of rotatable bonds is 3. The summed E-state index contributed by atoms with van der Waals surface area (Å²) in [5, 5.41) is 7.17. The number of sulfone groups is 1. The maximum Gasteiger partial charge on any atom is 0.249 e. The van der Waals surface area contributed by atoms with Crippen LogP contribution in [0.15, 0.2) is 11.5 Å². The Kier molecular flexibility index (Phi) is 2.74. The first-order valence-corrected chi connectivity index (χ1v) is 6.43. The van der Waals surface area contributed by atoms with Crippen LogP contribution in [0, 0.1) is 0 Å². The minimum atomic E-state index is -3.37. The molecule has 2 rings (SSSR count). The van der Waals surface area contributed by atoms with Crippen LogP contribution in [0.2, 0.25) is 0 Å². The lowest BCUT2D eigenvalue weighted by Crippen LogP contribution is -2.22. The molecule has 0 N–H and O–H groups in total. The van der Waals surface area contributed by atoms with Gasteiger partial charge in [0, 0.05) is 13.7 Å². The van der Waals surface area contributed by atoms with Crippen molar-refractivity contribution in [3.8, 4) is 0 Å². The highest BCUT2D eigenvalue weighted by atomic mass is 32.2. The fourth-order valence-corrected chi connectivity index (χ4v) is 3.21. The summed E-state index contributed by atoms with van der Waals surface area (Å²) in [7, 11) is -1.75. The van der Waals surface area contributed by atoms with Crippen molar-refractivity contribution in [3.63, 3.8) is 0 Å². The Bertz CT molecular complexity index is 434. The maximum atomic E-state index is 11.9. The summed E-state index contributed by atoms with van der Waals surface area (Å²) in [5.41, 5.74) is 0. The van der Waals surface area contributed by atoms with Crippen LogP contribution >= 0.6 is 0 Å². The molecule has 6 nitrogen and oxygen atoms in total. The van der Waals surface area contributed by atoms with Gasteiger partial charge in [0.1, 0.15) is 6.33 Å². The van der Waals surface area contributed by atoms with Crippen molar-refractivity contribution in [2.75, 3.05) is 12.4 Å². The molecule has 0 amide bonds. The molecule has 84 valence electrons. The molecule has 7 heteroatoms. The molecule has 1 atom stereocenters. The van der Waals surface area contributed by atoms with E-state index in [1.807, 2.05) is 0 Å². The van der Waals surface area contributed by atoms with Gasteiger partial charge in [-0.2, -0.15) is 0 Å². The van der Waals surface area contributed by atoms with Crippen LogP contribution < -0.4 is 0 Å². The second kappa shape index (κ2) is 3.90. The first kappa shape index (κ1) is 10.6. The van der Waals surface area contributed by atoms with Gasteiger partial charge in [-0.25, -0.2) is 8.42 Å². The van der Waals surface area contributed by atoms with E-state index in [9.17, 15) is 8.42 Å². The Morgan fingerprint density at radius 1 is 1.67 bits per heavy atom. The third-order valence-electron chi connectivity index (χ3n) is 2.38. The minimum absolute atomic E-state index is 0.000463. The van der Waals surface area contributed by atoms with Gasteiger partial charge in [0.15, 0.2) is 0 Å². The van der Waals surface area contributed by atoms with Crippen molar-refractivity contribution in [3.05, 3.63) is 6.33 Å². The number of ether oxygens (including phenoxy) is 1. The van der Waals surface area contributed by atoms with E-state index in [1.54, 1.807) is 7.05 Å². The summed E-state index contributed by atoms with van der Waals surface area (Å²) in [5.74, 6) is -0.000463. The molecule has 0 aromatic carbocycles. The fourth-order valence-electron chi connectivity index (χ4n) is 1.65. The van der Waals surface area contributed by atoms with E-state index in [1.165, 1.54) is 10.9 Å². The number of hydrogen-bond donors (Lipinski definition) is 0. The molecule has 0 unspecified atom stereocenters. The van der Waals surface area contributed by atoms with Crippen molar-refractivity contribution in [1.82, 2.24) is 14.8 Å². The number of aromatic nitrogens is 3. The molecular weight excluding hydrogens is 218 g/mol. The normalized spacial score (nSPS) is 22.1. The predicted molar refractivity (Wildman–Crippen MR) is 52.0 cm³/mol. The van der Waals surface area contributed by atoms with Crippen molar-refractivity contribution in [1.29, 1.82) is 0 Å². The van der Waals surface area contributed by atoms with E-state index in [2.05, 4.69) is 10.2 Å². The Hall–Kier alpha value is -0.950. The van der Waals surface area contributed by atoms with E-state index < -0.39 is 9.84 Å². The molecule has 1 aliphatic heterocycles. The summed E-state index contributed by atoms with van der Waals surface area (Å²) >= 11 is 0. The van der Waals surface area contributed by atoms with Crippen LogP contribution in [0.1, 0.15) is 12.8 Å². The van der Waals surface area contributed by atoms with Gasteiger partial charge in [-0.3, -0.25) is 0 Å². The first-order chi connectivity index (χ1) is 7.09. The zero-order valence-corrected chi connectivity index (χ0v) is 9.27. The van der Waals surface area contributed by atoms with Crippen molar-refractivity contribution < 1.29 is 13.2 Å². The van der Waals surface area contributed by atoms with E-state index in [-0.39, 0.29) is 17.0 Å². The SMILES string of the molecule is Cn1cnnc1S(=O)(=O)C[C@@H]1CCCO1. The van der Waals surface area contributed by atoms with Gasteiger partial charge in [0.05, 0.1) is 11.9 Å². The number of nitrogens with zero attached hydrogens (tertiary/aromatic N) is 3. The summed E-state index contributed by atoms with van der Waals surface area (Å²) < 4.78 is 30.4. The van der Waals surface area contributed by atoms with Crippen molar-refractivity contribution in [2.24, 2.45) is 7.05 Å². The number of aryl methyl sites for hydroxylation is 1. The van der Waals surface area contributed by atoms with Gasteiger partial charge in [-0.15, -0.1) is 10.2 Å². The van der Waals surface area contributed by atoms with Gasteiger partial charge in [-0.05, 0) is 12.8 Å². The molecule has 1 fully saturated rings. The summed E-state index contributed by atoms with van der Waals surface area (Å²) in [6.45, 7) is 0.652. The standard InChI is InChI=1S/C8H13N3O3S/c1-11-6-9-10-8(11)15(12,13)5-7-3-2-4-14-7/h6-7H,2-5H2,1H3/t7-/m0/s1. The van der Waals surface area contributed by atoms with E-state index in [0.29, 0.717) is 6.61 Å². The molecule has 1 aromatic heterocycles. The largest absolute Gasteiger partial charge is 0.377 e. The molecule has 1 aliphatic rings. The zero-order chi connectivity index (χ0) is 10.9. The van der Waals surface area contributed by atoms with Crippen LogP contribution in [0.5, 0.6) is 0 Å². The topological polar surface area (TPSA) is 74.1 Å². The van der Waals surface area contributed by atoms with Gasteiger partial charge >= 0.3 is 0 Å². The van der Waals surface area contributed by atoms with Crippen LogP contribution in [0.4, 0.5) is 0 Å². The van der Waals surface area contributed by atoms with E-state index >= 15 is 0 Å². The van der Waals surface area contributed by atoms with Crippen LogP contribution in [0.3, 0.4) is 0 Å². The average molecular weight is 231 g/mol. The molecule has 15 heavy (non-hydrogen) atoms. The van der Waals surface area contributed by atoms with Crippen molar-refractivity contribution in [2.45, 2.75) is 24.1 Å². The Labute approximate surface area is 88.2 Å². The third-order valence-corrected chi connectivity index (χ3v) is 4.11. The fraction of sp³-hybridized carbons (Fsp3) is 0.750. The third kappa shape index (κ3) is 2.18. The maximum absolute atomic E-state index is 11.9. The Balaban J connectivity index is 2.16. The Morgan fingerprint density at radius 3 is 3.00 bits per heavy atom. The van der Waals surface area contributed by atoms with Gasteiger partial charge < -0.3 is 9.30 Å². The molecular formula is C8H13N3O3S. The van der Waals surface area contributed by atoms with Gasteiger partial charge in [-0.1, -0.05) is 0 Å². The molecule has 0 bridgehead atoms. The lowest BCUT2D eigenvalue weighted by Gasteiger charge is -2.08. The molecule has 1 saturated heterocycles. The highest BCUT2D eigenvalue weighted by molar-refractivity contribution is 7.91.